The van der Waals surface area contributed by atoms with Gasteiger partial charge in [0.1, 0.15) is 0 Å². The molecule has 6 heteroatoms. The minimum absolute atomic E-state index is 0.0296. The lowest BCUT2D eigenvalue weighted by Crippen LogP contribution is -2.40. The number of carbonyl (C=O) groups excluding carboxylic acids is 2. The normalized spacial score (nSPS) is 10.4. The van der Waals surface area contributed by atoms with Crippen molar-refractivity contribution in [2.24, 2.45) is 0 Å². The summed E-state index contributed by atoms with van der Waals surface area (Å²) in [6, 6.07) is 7.29. The van der Waals surface area contributed by atoms with E-state index in [1.807, 2.05) is 12.1 Å². The van der Waals surface area contributed by atoms with E-state index in [-0.39, 0.29) is 24.9 Å². The molecule has 110 valence electrons. The molecule has 5 nitrogen and oxygen atoms in total. The van der Waals surface area contributed by atoms with Crippen LogP contribution in [0.5, 0.6) is 0 Å². The number of nitrogens with one attached hydrogen (secondary N) is 1. The second kappa shape index (κ2) is 7.87. The lowest BCUT2D eigenvalue weighted by atomic mass is 10.2. The van der Waals surface area contributed by atoms with Crippen molar-refractivity contribution in [2.75, 3.05) is 34.2 Å². The maximum Gasteiger partial charge on any atom is 0.236 e. The predicted octanol–water partition coefficient (Wildman–Crippen LogP) is 0.976. The number of rotatable bonds is 6. The molecule has 1 rings (SSSR count). The summed E-state index contributed by atoms with van der Waals surface area (Å²) in [5.41, 5.74) is 0.981. The summed E-state index contributed by atoms with van der Waals surface area (Å²) in [6.07, 6.45) is 0. The average molecular weight is 298 g/mol. The van der Waals surface area contributed by atoms with Crippen LogP contribution in [0.4, 0.5) is 0 Å². The van der Waals surface area contributed by atoms with Gasteiger partial charge in [-0.15, -0.1) is 0 Å². The Bertz CT molecular complexity index is 460. The van der Waals surface area contributed by atoms with E-state index in [2.05, 4.69) is 5.32 Å². The van der Waals surface area contributed by atoms with Crippen LogP contribution in [0, 0.1) is 0 Å². The predicted molar refractivity (Wildman–Crippen MR) is 79.5 cm³/mol. The molecule has 0 unspecified atom stereocenters. The molecular weight excluding hydrogens is 278 g/mol. The van der Waals surface area contributed by atoms with Crippen molar-refractivity contribution in [3.05, 3.63) is 34.9 Å². The lowest BCUT2D eigenvalue weighted by Gasteiger charge is -2.18. The zero-order chi connectivity index (χ0) is 15.1. The molecule has 0 aliphatic heterocycles. The van der Waals surface area contributed by atoms with Crippen LogP contribution < -0.4 is 5.32 Å². The van der Waals surface area contributed by atoms with E-state index in [0.29, 0.717) is 11.6 Å². The highest BCUT2D eigenvalue weighted by Crippen LogP contribution is 2.08. The lowest BCUT2D eigenvalue weighted by molar-refractivity contribution is -0.130. The van der Waals surface area contributed by atoms with E-state index in [1.54, 1.807) is 38.2 Å². The number of likely N-dealkylation sites (N-methyl/N-ethyl adjacent to an activating group) is 2. The van der Waals surface area contributed by atoms with Crippen LogP contribution in [0.15, 0.2) is 24.3 Å². The summed E-state index contributed by atoms with van der Waals surface area (Å²) >= 11 is 5.79. The number of hydrogen-bond acceptors (Lipinski definition) is 3. The number of halogens is 1. The molecule has 1 aromatic rings. The van der Waals surface area contributed by atoms with Crippen molar-refractivity contribution in [1.29, 1.82) is 0 Å². The van der Waals surface area contributed by atoms with Gasteiger partial charge in [0, 0.05) is 25.7 Å². The molecule has 0 saturated carbocycles. The first-order valence-corrected chi connectivity index (χ1v) is 6.66. The zero-order valence-corrected chi connectivity index (χ0v) is 12.8. The maximum atomic E-state index is 11.7. The van der Waals surface area contributed by atoms with Gasteiger partial charge >= 0.3 is 0 Å². The fraction of sp³-hybridized carbons (Fsp3) is 0.429. The van der Waals surface area contributed by atoms with Gasteiger partial charge in [-0.2, -0.15) is 0 Å². The number of carbonyl (C=O) groups is 2. The molecule has 0 heterocycles. The summed E-state index contributed by atoms with van der Waals surface area (Å²) in [6.45, 7) is 0.861. The highest BCUT2D eigenvalue weighted by molar-refractivity contribution is 6.30. The molecule has 0 spiro atoms. The van der Waals surface area contributed by atoms with Crippen molar-refractivity contribution in [1.82, 2.24) is 15.1 Å². The van der Waals surface area contributed by atoms with Crippen LogP contribution in [-0.4, -0.2) is 55.8 Å². The first-order valence-electron chi connectivity index (χ1n) is 6.28. The Hall–Kier alpha value is -1.59. The van der Waals surface area contributed by atoms with Gasteiger partial charge < -0.3 is 10.2 Å². The summed E-state index contributed by atoms with van der Waals surface area (Å²) < 4.78 is 0. The SMILES string of the molecule is CN(CC(=O)NCc1ccc(Cl)cc1)CC(=O)N(C)C. The number of amides is 2. The van der Waals surface area contributed by atoms with Gasteiger partial charge in [-0.05, 0) is 24.7 Å². The third-order valence-corrected chi connectivity index (χ3v) is 2.97. The smallest absolute Gasteiger partial charge is 0.236 e. The van der Waals surface area contributed by atoms with Gasteiger partial charge in [0.25, 0.3) is 0 Å². The van der Waals surface area contributed by atoms with E-state index in [4.69, 9.17) is 11.6 Å². The first kappa shape index (κ1) is 16.5. The van der Waals surface area contributed by atoms with Crippen molar-refractivity contribution in [3.63, 3.8) is 0 Å². The summed E-state index contributed by atoms with van der Waals surface area (Å²) in [5.74, 6) is -0.146. The molecule has 0 bridgehead atoms. The first-order chi connectivity index (χ1) is 9.38. The van der Waals surface area contributed by atoms with E-state index in [9.17, 15) is 9.59 Å². The molecular formula is C14H20ClN3O2. The summed E-state index contributed by atoms with van der Waals surface area (Å²) in [4.78, 5) is 26.4. The molecule has 0 aromatic heterocycles. The van der Waals surface area contributed by atoms with E-state index < -0.39 is 0 Å². The maximum absolute atomic E-state index is 11.7. The largest absolute Gasteiger partial charge is 0.351 e. The molecule has 20 heavy (non-hydrogen) atoms. The Balaban J connectivity index is 2.32. The van der Waals surface area contributed by atoms with Crippen LogP contribution in [0.3, 0.4) is 0 Å². The Kier molecular flexibility index (Phi) is 6.48. The molecule has 0 aliphatic rings. The van der Waals surface area contributed by atoms with E-state index in [1.165, 1.54) is 4.90 Å². The fourth-order valence-corrected chi connectivity index (χ4v) is 1.66. The van der Waals surface area contributed by atoms with Gasteiger partial charge in [0.2, 0.25) is 11.8 Å². The van der Waals surface area contributed by atoms with Crippen molar-refractivity contribution in [3.8, 4) is 0 Å². The summed E-state index contributed by atoms with van der Waals surface area (Å²) in [5, 5.41) is 3.47. The van der Waals surface area contributed by atoms with Gasteiger partial charge in [-0.25, -0.2) is 0 Å². The van der Waals surface area contributed by atoms with E-state index in [0.717, 1.165) is 5.56 Å². The van der Waals surface area contributed by atoms with Crippen LogP contribution in [0.2, 0.25) is 5.02 Å². The quantitative estimate of drug-likeness (QED) is 0.851. The second-order valence-electron chi connectivity index (χ2n) is 4.86. The Morgan fingerprint density at radius 2 is 1.70 bits per heavy atom. The Morgan fingerprint density at radius 3 is 2.25 bits per heavy atom. The fourth-order valence-electron chi connectivity index (χ4n) is 1.53. The Morgan fingerprint density at radius 1 is 1.10 bits per heavy atom. The van der Waals surface area contributed by atoms with Gasteiger partial charge in [0.05, 0.1) is 13.1 Å². The highest BCUT2D eigenvalue weighted by Gasteiger charge is 2.11. The molecule has 0 radical (unpaired) electrons. The van der Waals surface area contributed by atoms with Crippen LogP contribution in [-0.2, 0) is 16.1 Å². The highest BCUT2D eigenvalue weighted by atomic mass is 35.5. The van der Waals surface area contributed by atoms with Crippen LogP contribution >= 0.6 is 11.6 Å². The monoisotopic (exact) mass is 297 g/mol. The molecule has 2 amide bonds. The van der Waals surface area contributed by atoms with E-state index >= 15 is 0 Å². The second-order valence-corrected chi connectivity index (χ2v) is 5.30. The van der Waals surface area contributed by atoms with Gasteiger partial charge in [-0.3, -0.25) is 14.5 Å². The van der Waals surface area contributed by atoms with Gasteiger partial charge in [-0.1, -0.05) is 23.7 Å². The van der Waals surface area contributed by atoms with Crippen LogP contribution in [0.25, 0.3) is 0 Å². The third-order valence-electron chi connectivity index (χ3n) is 2.72. The molecule has 0 fully saturated rings. The minimum Gasteiger partial charge on any atom is -0.351 e. The topological polar surface area (TPSA) is 52.7 Å². The minimum atomic E-state index is -0.117. The molecule has 0 atom stereocenters. The molecule has 1 aromatic carbocycles. The standard InChI is InChI=1S/C14H20ClN3O2/c1-17(2)14(20)10-18(3)9-13(19)16-8-11-4-6-12(15)7-5-11/h4-7H,8-10H2,1-3H3,(H,16,19). The third kappa shape index (κ3) is 6.04. The van der Waals surface area contributed by atoms with Crippen molar-refractivity contribution in [2.45, 2.75) is 6.54 Å². The van der Waals surface area contributed by atoms with Gasteiger partial charge in [0.15, 0.2) is 0 Å². The van der Waals surface area contributed by atoms with Crippen molar-refractivity contribution < 1.29 is 9.59 Å². The Labute approximate surface area is 124 Å². The average Bonchev–Trinajstić information content (AvgIpc) is 2.37. The molecule has 0 saturated heterocycles. The number of hydrogen-bond donors (Lipinski definition) is 1. The number of nitrogens with zero attached hydrogens (tertiary/aromatic N) is 2. The summed E-state index contributed by atoms with van der Waals surface area (Å²) in [7, 11) is 5.12. The zero-order valence-electron chi connectivity index (χ0n) is 12.0. The van der Waals surface area contributed by atoms with Crippen molar-refractivity contribution >= 4 is 23.4 Å². The molecule has 0 aliphatic carbocycles. The van der Waals surface area contributed by atoms with Crippen LogP contribution in [0.1, 0.15) is 5.56 Å². The molecule has 1 N–H and O–H groups in total. The number of benzene rings is 1.